The number of benzene rings is 1. The molecule has 0 bridgehead atoms. The second kappa shape index (κ2) is 5.60. The van der Waals surface area contributed by atoms with Crippen LogP contribution in [0, 0.1) is 0 Å². The summed E-state index contributed by atoms with van der Waals surface area (Å²) in [6.07, 6.45) is 1.81. The van der Waals surface area contributed by atoms with Crippen LogP contribution in [0.15, 0.2) is 35.9 Å². The van der Waals surface area contributed by atoms with E-state index in [1.54, 1.807) is 6.08 Å². The van der Waals surface area contributed by atoms with Gasteiger partial charge in [-0.3, -0.25) is 0 Å². The summed E-state index contributed by atoms with van der Waals surface area (Å²) >= 11 is 3.25. The molecule has 0 aliphatic heterocycles. The van der Waals surface area contributed by atoms with Crippen molar-refractivity contribution >= 4 is 28.0 Å². The fourth-order valence-corrected chi connectivity index (χ4v) is 1.42. The largest absolute Gasteiger partial charge is 0.466 e. The molecule has 2 nitrogen and oxygen atoms in total. The molecule has 0 unspecified atom stereocenters. The fourth-order valence-electron chi connectivity index (χ4n) is 1.03. The highest BCUT2D eigenvalue weighted by molar-refractivity contribution is 9.09. The summed E-state index contributed by atoms with van der Waals surface area (Å²) in [6.45, 7) is 0. The van der Waals surface area contributed by atoms with Crippen molar-refractivity contribution in [3.8, 4) is 0 Å². The zero-order valence-corrected chi connectivity index (χ0v) is 9.45. The van der Waals surface area contributed by atoms with E-state index in [0.29, 0.717) is 10.9 Å². The Kier molecular flexibility index (Phi) is 4.40. The lowest BCUT2D eigenvalue weighted by Gasteiger charge is -2.00. The number of carbonyl (C=O) groups is 1. The van der Waals surface area contributed by atoms with E-state index in [1.165, 1.54) is 7.11 Å². The average molecular weight is 255 g/mol. The second-order valence-electron chi connectivity index (χ2n) is 2.71. The Labute approximate surface area is 91.7 Å². The number of halogens is 1. The van der Waals surface area contributed by atoms with Crippen LogP contribution in [-0.4, -0.2) is 18.4 Å². The molecule has 0 aromatic heterocycles. The number of hydrogen-bond donors (Lipinski definition) is 0. The van der Waals surface area contributed by atoms with Crippen LogP contribution in [0.2, 0.25) is 0 Å². The van der Waals surface area contributed by atoms with Crippen molar-refractivity contribution < 1.29 is 9.53 Å². The molecule has 74 valence electrons. The first kappa shape index (κ1) is 11.0. The van der Waals surface area contributed by atoms with Gasteiger partial charge in [-0.25, -0.2) is 4.79 Å². The van der Waals surface area contributed by atoms with Crippen molar-refractivity contribution in [3.63, 3.8) is 0 Å². The van der Waals surface area contributed by atoms with Gasteiger partial charge < -0.3 is 4.74 Å². The number of hydrogen-bond acceptors (Lipinski definition) is 2. The van der Waals surface area contributed by atoms with E-state index in [0.717, 1.165) is 5.56 Å². The van der Waals surface area contributed by atoms with Crippen LogP contribution in [0.4, 0.5) is 0 Å². The molecule has 0 heterocycles. The first-order valence-corrected chi connectivity index (χ1v) is 5.30. The van der Waals surface area contributed by atoms with Crippen LogP contribution in [0.1, 0.15) is 5.56 Å². The quantitative estimate of drug-likeness (QED) is 0.471. The van der Waals surface area contributed by atoms with Crippen molar-refractivity contribution in [2.24, 2.45) is 0 Å². The van der Waals surface area contributed by atoms with Gasteiger partial charge in [0.05, 0.1) is 7.11 Å². The van der Waals surface area contributed by atoms with Gasteiger partial charge in [0.2, 0.25) is 0 Å². The smallest absolute Gasteiger partial charge is 0.334 e. The molecular formula is C11H11BrO2. The predicted molar refractivity (Wildman–Crippen MR) is 60.2 cm³/mol. The molecule has 1 aromatic rings. The molecule has 14 heavy (non-hydrogen) atoms. The highest BCUT2D eigenvalue weighted by atomic mass is 79.9. The third-order valence-electron chi connectivity index (χ3n) is 1.73. The Balaban J connectivity index is 2.89. The van der Waals surface area contributed by atoms with E-state index in [1.807, 2.05) is 30.3 Å². The standard InChI is InChI=1S/C11H11BrO2/c1-14-11(13)10(8-12)7-9-5-3-2-4-6-9/h2-7H,8H2,1H3/b10-7+. The molecule has 1 aromatic carbocycles. The molecule has 0 saturated carbocycles. The van der Waals surface area contributed by atoms with Gasteiger partial charge in [0.1, 0.15) is 0 Å². The van der Waals surface area contributed by atoms with Gasteiger partial charge in [-0.05, 0) is 11.6 Å². The highest BCUT2D eigenvalue weighted by Gasteiger charge is 2.06. The van der Waals surface area contributed by atoms with E-state index in [2.05, 4.69) is 20.7 Å². The molecule has 0 fully saturated rings. The summed E-state index contributed by atoms with van der Waals surface area (Å²) < 4.78 is 4.64. The van der Waals surface area contributed by atoms with Crippen molar-refractivity contribution in [3.05, 3.63) is 41.5 Å². The van der Waals surface area contributed by atoms with Crippen LogP contribution in [0.25, 0.3) is 6.08 Å². The highest BCUT2D eigenvalue weighted by Crippen LogP contribution is 2.09. The normalized spacial score (nSPS) is 11.1. The molecule has 0 aliphatic rings. The molecule has 0 amide bonds. The summed E-state index contributed by atoms with van der Waals surface area (Å²) in [5.41, 5.74) is 1.60. The molecule has 1 rings (SSSR count). The maximum Gasteiger partial charge on any atom is 0.334 e. The van der Waals surface area contributed by atoms with Crippen molar-refractivity contribution in [1.29, 1.82) is 0 Å². The number of ether oxygens (including phenoxy) is 1. The van der Waals surface area contributed by atoms with Crippen LogP contribution < -0.4 is 0 Å². The summed E-state index contributed by atoms with van der Waals surface area (Å²) in [6, 6.07) is 9.66. The van der Waals surface area contributed by atoms with Crippen LogP contribution in [0.5, 0.6) is 0 Å². The third kappa shape index (κ3) is 3.00. The van der Waals surface area contributed by atoms with Gasteiger partial charge in [-0.1, -0.05) is 46.3 Å². The summed E-state index contributed by atoms with van der Waals surface area (Å²) in [5, 5.41) is 0.495. The molecule has 0 radical (unpaired) electrons. The SMILES string of the molecule is COC(=O)/C(=C/c1ccccc1)CBr. The van der Waals surface area contributed by atoms with E-state index in [4.69, 9.17) is 0 Å². The molecule has 0 atom stereocenters. The van der Waals surface area contributed by atoms with Crippen LogP contribution >= 0.6 is 15.9 Å². The first-order chi connectivity index (χ1) is 6.77. The van der Waals surface area contributed by atoms with E-state index >= 15 is 0 Å². The zero-order chi connectivity index (χ0) is 10.4. The van der Waals surface area contributed by atoms with Gasteiger partial charge >= 0.3 is 5.97 Å². The lowest BCUT2D eigenvalue weighted by molar-refractivity contribution is -0.135. The summed E-state index contributed by atoms with van der Waals surface area (Å²) in [5.74, 6) is -0.300. The van der Waals surface area contributed by atoms with Gasteiger partial charge in [0, 0.05) is 10.9 Å². The monoisotopic (exact) mass is 254 g/mol. The zero-order valence-electron chi connectivity index (χ0n) is 7.87. The maximum absolute atomic E-state index is 11.2. The first-order valence-electron chi connectivity index (χ1n) is 4.18. The number of carbonyl (C=O) groups excluding carboxylic acids is 1. The Bertz CT molecular complexity index is 330. The lowest BCUT2D eigenvalue weighted by atomic mass is 10.1. The summed E-state index contributed by atoms with van der Waals surface area (Å²) in [7, 11) is 1.38. The van der Waals surface area contributed by atoms with Gasteiger partial charge in [0.15, 0.2) is 0 Å². The molecule has 0 saturated heterocycles. The predicted octanol–water partition coefficient (Wildman–Crippen LogP) is 2.64. The molecule has 0 spiro atoms. The average Bonchev–Trinajstić information content (AvgIpc) is 2.26. The molecule has 3 heteroatoms. The minimum Gasteiger partial charge on any atom is -0.466 e. The summed E-state index contributed by atoms with van der Waals surface area (Å²) in [4.78, 5) is 11.2. The van der Waals surface area contributed by atoms with E-state index in [9.17, 15) is 4.79 Å². The molecule has 0 N–H and O–H groups in total. The Morgan fingerprint density at radius 2 is 2.07 bits per heavy atom. The number of alkyl halides is 1. The maximum atomic E-state index is 11.2. The Morgan fingerprint density at radius 1 is 1.43 bits per heavy atom. The van der Waals surface area contributed by atoms with E-state index < -0.39 is 0 Å². The van der Waals surface area contributed by atoms with Crippen molar-refractivity contribution in [1.82, 2.24) is 0 Å². The van der Waals surface area contributed by atoms with Crippen LogP contribution in [0.3, 0.4) is 0 Å². The van der Waals surface area contributed by atoms with E-state index in [-0.39, 0.29) is 5.97 Å². The minimum atomic E-state index is -0.300. The molecule has 0 aliphatic carbocycles. The minimum absolute atomic E-state index is 0.300. The topological polar surface area (TPSA) is 26.3 Å². The Hall–Kier alpha value is -1.09. The molecular weight excluding hydrogens is 244 g/mol. The second-order valence-corrected chi connectivity index (χ2v) is 3.27. The third-order valence-corrected chi connectivity index (χ3v) is 2.34. The van der Waals surface area contributed by atoms with Crippen molar-refractivity contribution in [2.75, 3.05) is 12.4 Å². The number of rotatable bonds is 3. The number of methoxy groups -OCH3 is 1. The van der Waals surface area contributed by atoms with Crippen LogP contribution in [-0.2, 0) is 9.53 Å². The Morgan fingerprint density at radius 3 is 2.57 bits per heavy atom. The number of esters is 1. The van der Waals surface area contributed by atoms with Crippen molar-refractivity contribution in [2.45, 2.75) is 0 Å². The van der Waals surface area contributed by atoms with Gasteiger partial charge in [-0.15, -0.1) is 0 Å². The van der Waals surface area contributed by atoms with Gasteiger partial charge in [0.25, 0.3) is 0 Å². The fraction of sp³-hybridized carbons (Fsp3) is 0.182. The lowest BCUT2D eigenvalue weighted by Crippen LogP contribution is -2.05. The van der Waals surface area contributed by atoms with Gasteiger partial charge in [-0.2, -0.15) is 0 Å².